The van der Waals surface area contributed by atoms with Crippen LogP contribution in [-0.4, -0.2) is 49.0 Å². The Bertz CT molecular complexity index is 610. The molecule has 1 saturated heterocycles. The molecule has 1 aliphatic rings. The molecule has 2 aromatic rings. The minimum absolute atomic E-state index is 0.258. The summed E-state index contributed by atoms with van der Waals surface area (Å²) in [6, 6.07) is 2.04. The lowest BCUT2D eigenvalue weighted by Gasteiger charge is -2.26. The molecule has 1 fully saturated rings. The molecule has 2 N–H and O–H groups in total. The highest BCUT2D eigenvalue weighted by atomic mass is 32.1. The van der Waals surface area contributed by atoms with Crippen molar-refractivity contribution in [3.05, 3.63) is 11.4 Å². The Morgan fingerprint density at radius 2 is 2.33 bits per heavy atom. The van der Waals surface area contributed by atoms with Gasteiger partial charge in [0.05, 0.1) is 12.0 Å². The standard InChI is InChI=1S/C14H20N4O2S/c1-3-15-13-17-11(10-4-7-21-12(10)18-13)16-8-14(19-2)5-6-20-9-14/h4,7H,3,5-6,8-9H2,1-2H3,(H2,15,16,17,18). The molecule has 2 aromatic heterocycles. The van der Waals surface area contributed by atoms with Crippen LogP contribution in [0.15, 0.2) is 11.4 Å². The maximum Gasteiger partial charge on any atom is 0.226 e. The van der Waals surface area contributed by atoms with E-state index in [0.717, 1.165) is 35.6 Å². The van der Waals surface area contributed by atoms with Crippen LogP contribution >= 0.6 is 11.3 Å². The largest absolute Gasteiger partial charge is 0.378 e. The molecule has 0 aromatic carbocycles. The molecule has 0 spiro atoms. The van der Waals surface area contributed by atoms with E-state index in [0.29, 0.717) is 19.1 Å². The summed E-state index contributed by atoms with van der Waals surface area (Å²) in [7, 11) is 1.74. The molecule has 0 amide bonds. The highest BCUT2D eigenvalue weighted by Gasteiger charge is 2.35. The maximum absolute atomic E-state index is 5.65. The summed E-state index contributed by atoms with van der Waals surface area (Å²) < 4.78 is 11.1. The molecule has 6 nitrogen and oxygen atoms in total. The van der Waals surface area contributed by atoms with Crippen LogP contribution in [0.1, 0.15) is 13.3 Å². The van der Waals surface area contributed by atoms with Crippen molar-refractivity contribution in [2.45, 2.75) is 18.9 Å². The molecule has 0 aliphatic carbocycles. The van der Waals surface area contributed by atoms with Gasteiger partial charge in [-0.05, 0) is 18.4 Å². The van der Waals surface area contributed by atoms with E-state index in [-0.39, 0.29) is 5.60 Å². The van der Waals surface area contributed by atoms with Crippen molar-refractivity contribution < 1.29 is 9.47 Å². The van der Waals surface area contributed by atoms with Gasteiger partial charge < -0.3 is 20.1 Å². The number of methoxy groups -OCH3 is 1. The number of nitrogens with zero attached hydrogens (tertiary/aromatic N) is 2. The third-order valence-electron chi connectivity index (χ3n) is 3.74. The minimum atomic E-state index is -0.258. The molecule has 114 valence electrons. The van der Waals surface area contributed by atoms with Crippen molar-refractivity contribution in [2.24, 2.45) is 0 Å². The van der Waals surface area contributed by atoms with Gasteiger partial charge in [0, 0.05) is 33.2 Å². The van der Waals surface area contributed by atoms with E-state index in [9.17, 15) is 0 Å². The molecule has 3 heterocycles. The third-order valence-corrected chi connectivity index (χ3v) is 4.54. The zero-order chi connectivity index (χ0) is 14.7. The minimum Gasteiger partial charge on any atom is -0.378 e. The number of hydrogen-bond donors (Lipinski definition) is 2. The number of nitrogens with one attached hydrogen (secondary N) is 2. The molecule has 0 saturated carbocycles. The van der Waals surface area contributed by atoms with Gasteiger partial charge in [-0.3, -0.25) is 0 Å². The van der Waals surface area contributed by atoms with Gasteiger partial charge in [0.2, 0.25) is 5.95 Å². The number of aromatic nitrogens is 2. The van der Waals surface area contributed by atoms with Crippen molar-refractivity contribution in [2.75, 3.05) is 44.0 Å². The Kier molecular flexibility index (Phi) is 4.23. The Morgan fingerprint density at radius 1 is 1.43 bits per heavy atom. The van der Waals surface area contributed by atoms with E-state index in [1.807, 2.05) is 18.4 Å². The Labute approximate surface area is 127 Å². The second-order valence-corrected chi connectivity index (χ2v) is 6.00. The van der Waals surface area contributed by atoms with Crippen molar-refractivity contribution in [3.8, 4) is 0 Å². The number of anilines is 2. The monoisotopic (exact) mass is 308 g/mol. The molecule has 21 heavy (non-hydrogen) atoms. The quantitative estimate of drug-likeness (QED) is 0.854. The van der Waals surface area contributed by atoms with Crippen LogP contribution in [0.3, 0.4) is 0 Å². The van der Waals surface area contributed by atoms with Crippen molar-refractivity contribution in [3.63, 3.8) is 0 Å². The van der Waals surface area contributed by atoms with Crippen LogP contribution in [0, 0.1) is 0 Å². The van der Waals surface area contributed by atoms with E-state index in [2.05, 4.69) is 20.6 Å². The highest BCUT2D eigenvalue weighted by molar-refractivity contribution is 7.16. The number of ether oxygens (including phenoxy) is 2. The zero-order valence-corrected chi connectivity index (χ0v) is 13.1. The van der Waals surface area contributed by atoms with Crippen LogP contribution in [0.2, 0.25) is 0 Å². The van der Waals surface area contributed by atoms with Gasteiger partial charge in [-0.15, -0.1) is 11.3 Å². The first-order valence-electron chi connectivity index (χ1n) is 7.12. The van der Waals surface area contributed by atoms with Gasteiger partial charge >= 0.3 is 0 Å². The molecule has 1 atom stereocenters. The molecule has 3 rings (SSSR count). The number of fused-ring (bicyclic) bond motifs is 1. The first-order chi connectivity index (χ1) is 10.3. The highest BCUT2D eigenvalue weighted by Crippen LogP contribution is 2.28. The van der Waals surface area contributed by atoms with E-state index in [1.165, 1.54) is 0 Å². The molecule has 0 bridgehead atoms. The lowest BCUT2D eigenvalue weighted by Crippen LogP contribution is -2.39. The van der Waals surface area contributed by atoms with Gasteiger partial charge in [0.1, 0.15) is 16.2 Å². The van der Waals surface area contributed by atoms with Crippen LogP contribution in [0.4, 0.5) is 11.8 Å². The average molecular weight is 308 g/mol. The lowest BCUT2D eigenvalue weighted by atomic mass is 10.0. The fourth-order valence-electron chi connectivity index (χ4n) is 2.43. The molecule has 1 unspecified atom stereocenters. The fraction of sp³-hybridized carbons (Fsp3) is 0.571. The lowest BCUT2D eigenvalue weighted by molar-refractivity contribution is -0.00623. The predicted octanol–water partition coefficient (Wildman–Crippen LogP) is 2.34. The third kappa shape index (κ3) is 2.95. The van der Waals surface area contributed by atoms with Gasteiger partial charge in [-0.1, -0.05) is 0 Å². The average Bonchev–Trinajstić information content (AvgIpc) is 3.15. The predicted molar refractivity (Wildman–Crippen MR) is 85.2 cm³/mol. The van der Waals surface area contributed by atoms with Gasteiger partial charge in [0.15, 0.2) is 0 Å². The summed E-state index contributed by atoms with van der Waals surface area (Å²) >= 11 is 1.62. The fourth-order valence-corrected chi connectivity index (χ4v) is 3.20. The number of hydrogen-bond acceptors (Lipinski definition) is 7. The molecule has 0 radical (unpaired) electrons. The summed E-state index contributed by atoms with van der Waals surface area (Å²) in [4.78, 5) is 10.1. The van der Waals surface area contributed by atoms with E-state index >= 15 is 0 Å². The SMILES string of the molecule is CCNc1nc(NCC2(OC)CCOC2)c2ccsc2n1. The van der Waals surface area contributed by atoms with Gasteiger partial charge in [0.25, 0.3) is 0 Å². The van der Waals surface area contributed by atoms with Crippen molar-refractivity contribution >= 4 is 33.3 Å². The molecular formula is C14H20N4O2S. The van der Waals surface area contributed by atoms with Crippen molar-refractivity contribution in [1.82, 2.24) is 9.97 Å². The van der Waals surface area contributed by atoms with Crippen LogP contribution in [0.25, 0.3) is 10.2 Å². The second kappa shape index (κ2) is 6.13. The van der Waals surface area contributed by atoms with Crippen LogP contribution in [-0.2, 0) is 9.47 Å². The summed E-state index contributed by atoms with van der Waals surface area (Å²) in [6.07, 6.45) is 0.897. The Morgan fingerprint density at radius 3 is 3.05 bits per heavy atom. The van der Waals surface area contributed by atoms with E-state index < -0.39 is 0 Å². The van der Waals surface area contributed by atoms with Crippen LogP contribution in [0.5, 0.6) is 0 Å². The normalized spacial score (nSPS) is 21.8. The first-order valence-corrected chi connectivity index (χ1v) is 8.00. The molecule has 1 aliphatic heterocycles. The molecule has 7 heteroatoms. The smallest absolute Gasteiger partial charge is 0.226 e. The molecular weight excluding hydrogens is 288 g/mol. The summed E-state index contributed by atoms with van der Waals surface area (Å²) in [6.45, 7) is 4.87. The first kappa shape index (κ1) is 14.5. The van der Waals surface area contributed by atoms with Gasteiger partial charge in [-0.25, -0.2) is 4.98 Å². The second-order valence-electron chi connectivity index (χ2n) is 5.11. The van der Waals surface area contributed by atoms with Gasteiger partial charge in [-0.2, -0.15) is 4.98 Å². The summed E-state index contributed by atoms with van der Waals surface area (Å²) in [5.41, 5.74) is -0.258. The van der Waals surface area contributed by atoms with E-state index in [1.54, 1.807) is 18.4 Å². The van der Waals surface area contributed by atoms with Crippen molar-refractivity contribution in [1.29, 1.82) is 0 Å². The summed E-state index contributed by atoms with van der Waals surface area (Å²) in [5.74, 6) is 1.50. The zero-order valence-electron chi connectivity index (χ0n) is 12.3. The van der Waals surface area contributed by atoms with E-state index in [4.69, 9.17) is 9.47 Å². The number of thiophene rings is 1. The Hall–Kier alpha value is -1.44. The Balaban J connectivity index is 1.83. The number of rotatable bonds is 6. The maximum atomic E-state index is 5.65. The summed E-state index contributed by atoms with van der Waals surface area (Å²) in [5, 5.41) is 9.67. The topological polar surface area (TPSA) is 68.3 Å². The van der Waals surface area contributed by atoms with Crippen LogP contribution < -0.4 is 10.6 Å².